The molecule has 3 amide bonds. The van der Waals surface area contributed by atoms with Gasteiger partial charge >= 0.3 is 5.97 Å². The highest BCUT2D eigenvalue weighted by Gasteiger charge is 2.36. The molecule has 11 heteroatoms. The van der Waals surface area contributed by atoms with Crippen molar-refractivity contribution in [2.24, 2.45) is 0 Å². The number of fused-ring (bicyclic) bond motifs is 1. The van der Waals surface area contributed by atoms with Crippen LogP contribution in [0.25, 0.3) is 0 Å². The predicted octanol–water partition coefficient (Wildman–Crippen LogP) is 7.90. The van der Waals surface area contributed by atoms with Crippen LogP contribution in [-0.4, -0.2) is 71.7 Å². The Hall–Kier alpha value is -4.51. The van der Waals surface area contributed by atoms with Gasteiger partial charge < -0.3 is 20.3 Å². The van der Waals surface area contributed by atoms with E-state index in [1.54, 1.807) is 12.1 Å². The maximum absolute atomic E-state index is 13.9. The minimum absolute atomic E-state index is 0.00285. The van der Waals surface area contributed by atoms with Crippen LogP contribution in [0.1, 0.15) is 96.7 Å². The van der Waals surface area contributed by atoms with E-state index in [0.717, 1.165) is 93.3 Å². The minimum Gasteiger partial charge on any atom is -0.465 e. The number of nitrogens with zero attached hydrogens (tertiary/aromatic N) is 2. The fourth-order valence-electron chi connectivity index (χ4n) is 7.75. The summed E-state index contributed by atoms with van der Waals surface area (Å²) >= 11 is 7.33. The molecule has 4 aromatic rings. The van der Waals surface area contributed by atoms with Crippen LogP contribution in [0.3, 0.4) is 0 Å². The predicted molar refractivity (Wildman–Crippen MR) is 214 cm³/mol. The molecule has 3 aliphatic rings. The number of piperidine rings is 1. The Bertz CT molecular complexity index is 1980. The number of benzene rings is 3. The van der Waals surface area contributed by atoms with Crippen LogP contribution in [0, 0.1) is 0 Å². The smallest absolute Gasteiger partial charge is 0.337 e. The molecule has 1 aromatic heterocycles. The molecule has 282 valence electrons. The van der Waals surface area contributed by atoms with Crippen molar-refractivity contribution in [1.82, 2.24) is 9.80 Å². The summed E-state index contributed by atoms with van der Waals surface area (Å²) in [7, 11) is 1.38. The van der Waals surface area contributed by atoms with E-state index in [2.05, 4.69) is 21.6 Å². The van der Waals surface area contributed by atoms with Crippen molar-refractivity contribution in [1.29, 1.82) is 0 Å². The summed E-state index contributed by atoms with van der Waals surface area (Å²) in [6.07, 6.45) is 9.63. The van der Waals surface area contributed by atoms with Crippen LogP contribution >= 0.6 is 22.9 Å². The van der Waals surface area contributed by atoms with Gasteiger partial charge in [-0.3, -0.25) is 19.3 Å². The molecular weight excluding hydrogens is 720 g/mol. The SMILES string of the molecule is COC(=O)c1ccc(CCc2ccc(NC(=O)c3c(NC(=O)c4cccc(CN(C5CC5)C5CCN(C(=O)CCl)CC5)c4)sc4c3CCCC4)cc2)cc1. The molecule has 0 unspecified atom stereocenters. The molecule has 2 N–H and O–H groups in total. The summed E-state index contributed by atoms with van der Waals surface area (Å²) in [5.74, 6) is -0.750. The van der Waals surface area contributed by atoms with E-state index < -0.39 is 0 Å². The molecule has 2 heterocycles. The second-order valence-corrected chi connectivity index (χ2v) is 15.9. The van der Waals surface area contributed by atoms with E-state index >= 15 is 0 Å². The number of thiophene rings is 1. The number of amides is 3. The zero-order valence-electron chi connectivity index (χ0n) is 30.7. The molecule has 0 bridgehead atoms. The standard InChI is InChI=1S/C43H47ClN4O5S/c1-53-43(52)31-15-11-28(12-16-31)9-10-29-13-17-33(18-14-29)45-41(51)39-36-7-2-3-8-37(36)54-42(39)46-40(50)32-6-4-5-30(25-32)27-48(34-19-20-34)35-21-23-47(24-22-35)38(49)26-44/h4-6,11-18,25,34-35H,2-3,7-10,19-24,26-27H2,1H3,(H,45,51)(H,46,50). The Labute approximate surface area is 326 Å². The van der Waals surface area contributed by atoms with Crippen molar-refractivity contribution in [2.45, 2.75) is 82.8 Å². The second-order valence-electron chi connectivity index (χ2n) is 14.6. The first kappa shape index (κ1) is 37.8. The van der Waals surface area contributed by atoms with Gasteiger partial charge in [-0.2, -0.15) is 0 Å². The van der Waals surface area contributed by atoms with E-state index in [4.69, 9.17) is 16.3 Å². The van der Waals surface area contributed by atoms with Gasteiger partial charge in [0.25, 0.3) is 11.8 Å². The molecule has 2 fully saturated rings. The van der Waals surface area contributed by atoms with E-state index in [1.807, 2.05) is 59.5 Å². The summed E-state index contributed by atoms with van der Waals surface area (Å²) < 4.78 is 4.79. The first-order valence-electron chi connectivity index (χ1n) is 19.0. The Morgan fingerprint density at radius 1 is 0.796 bits per heavy atom. The van der Waals surface area contributed by atoms with Gasteiger partial charge in [0.2, 0.25) is 5.91 Å². The van der Waals surface area contributed by atoms with Crippen molar-refractivity contribution < 1.29 is 23.9 Å². The summed E-state index contributed by atoms with van der Waals surface area (Å²) in [5.41, 5.74) is 6.75. The summed E-state index contributed by atoms with van der Waals surface area (Å²) in [6, 6.07) is 24.1. The number of nitrogens with one attached hydrogen (secondary N) is 2. The fraction of sp³-hybridized carbons (Fsp3) is 0.395. The zero-order chi connectivity index (χ0) is 37.6. The van der Waals surface area contributed by atoms with Gasteiger partial charge in [-0.25, -0.2) is 4.79 Å². The average molecular weight is 767 g/mol. The lowest BCUT2D eigenvalue weighted by molar-refractivity contribution is -0.130. The summed E-state index contributed by atoms with van der Waals surface area (Å²) in [6.45, 7) is 2.21. The zero-order valence-corrected chi connectivity index (χ0v) is 32.3. The number of carbonyl (C=O) groups is 4. The maximum atomic E-state index is 13.9. The lowest BCUT2D eigenvalue weighted by atomic mass is 9.95. The summed E-state index contributed by atoms with van der Waals surface area (Å²) in [5, 5.41) is 6.84. The maximum Gasteiger partial charge on any atom is 0.337 e. The van der Waals surface area contributed by atoms with Crippen molar-refractivity contribution in [3.05, 3.63) is 117 Å². The molecule has 1 aliphatic heterocycles. The van der Waals surface area contributed by atoms with Gasteiger partial charge in [0, 0.05) is 47.8 Å². The molecule has 2 aliphatic carbocycles. The van der Waals surface area contributed by atoms with E-state index in [0.29, 0.717) is 39.5 Å². The third kappa shape index (κ3) is 9.05. The normalized spacial score (nSPS) is 15.8. The number of halogens is 1. The number of hydrogen-bond acceptors (Lipinski definition) is 7. The average Bonchev–Trinajstić information content (AvgIpc) is 3.99. The van der Waals surface area contributed by atoms with Crippen molar-refractivity contribution >= 4 is 57.3 Å². The Morgan fingerprint density at radius 2 is 1.46 bits per heavy atom. The monoisotopic (exact) mass is 766 g/mol. The van der Waals surface area contributed by atoms with Gasteiger partial charge in [0.1, 0.15) is 10.9 Å². The van der Waals surface area contributed by atoms with Crippen LogP contribution in [0.15, 0.2) is 72.8 Å². The third-order valence-electron chi connectivity index (χ3n) is 10.9. The second kappa shape index (κ2) is 17.3. The number of alkyl halides is 1. The van der Waals surface area contributed by atoms with Crippen molar-refractivity contribution in [3.8, 4) is 0 Å². The number of rotatable bonds is 13. The van der Waals surface area contributed by atoms with Crippen LogP contribution in [0.2, 0.25) is 0 Å². The van der Waals surface area contributed by atoms with Gasteiger partial charge in [-0.15, -0.1) is 22.9 Å². The Kier molecular flexibility index (Phi) is 12.1. The molecule has 0 spiro atoms. The van der Waals surface area contributed by atoms with Gasteiger partial charge in [-0.05, 0) is 123 Å². The number of hydrogen-bond donors (Lipinski definition) is 2. The largest absolute Gasteiger partial charge is 0.465 e. The highest BCUT2D eigenvalue weighted by atomic mass is 35.5. The van der Waals surface area contributed by atoms with Crippen LogP contribution in [0.4, 0.5) is 10.7 Å². The molecule has 9 nitrogen and oxygen atoms in total. The molecule has 0 radical (unpaired) electrons. The first-order chi connectivity index (χ1) is 26.3. The molecule has 3 aromatic carbocycles. The number of esters is 1. The highest BCUT2D eigenvalue weighted by molar-refractivity contribution is 7.17. The Balaban J connectivity index is 0.997. The number of likely N-dealkylation sites (tertiary alicyclic amines) is 1. The summed E-state index contributed by atoms with van der Waals surface area (Å²) in [4.78, 5) is 57.2. The molecule has 1 saturated heterocycles. The van der Waals surface area contributed by atoms with E-state index in [9.17, 15) is 19.2 Å². The number of aryl methyl sites for hydroxylation is 3. The van der Waals surface area contributed by atoms with E-state index in [-0.39, 0.29) is 29.6 Å². The van der Waals surface area contributed by atoms with Crippen molar-refractivity contribution in [3.63, 3.8) is 0 Å². The van der Waals surface area contributed by atoms with Gasteiger partial charge in [0.15, 0.2) is 0 Å². The van der Waals surface area contributed by atoms with Crippen LogP contribution in [-0.2, 0) is 41.8 Å². The lowest BCUT2D eigenvalue weighted by Crippen LogP contribution is -2.47. The lowest BCUT2D eigenvalue weighted by Gasteiger charge is -2.38. The number of anilines is 2. The quantitative estimate of drug-likeness (QED) is 0.106. The van der Waals surface area contributed by atoms with Crippen molar-refractivity contribution in [2.75, 3.05) is 36.7 Å². The minimum atomic E-state index is -0.346. The topological polar surface area (TPSA) is 108 Å². The first-order valence-corrected chi connectivity index (χ1v) is 20.4. The Morgan fingerprint density at radius 3 is 2.13 bits per heavy atom. The fourth-order valence-corrected chi connectivity index (χ4v) is 9.20. The number of ether oxygens (including phenoxy) is 1. The third-order valence-corrected chi connectivity index (χ3v) is 12.3. The molecular formula is C43H47ClN4O5S. The van der Waals surface area contributed by atoms with Gasteiger partial charge in [0.05, 0.1) is 18.2 Å². The molecule has 0 atom stereocenters. The molecule has 54 heavy (non-hydrogen) atoms. The van der Waals surface area contributed by atoms with Crippen LogP contribution < -0.4 is 10.6 Å². The van der Waals surface area contributed by atoms with Gasteiger partial charge in [-0.1, -0.05) is 36.4 Å². The van der Waals surface area contributed by atoms with E-state index in [1.165, 1.54) is 36.2 Å². The highest BCUT2D eigenvalue weighted by Crippen LogP contribution is 2.39. The molecule has 7 rings (SSSR count). The number of methoxy groups -OCH3 is 1. The van der Waals surface area contributed by atoms with Crippen LogP contribution in [0.5, 0.6) is 0 Å². The number of carbonyl (C=O) groups excluding carboxylic acids is 4. The molecule has 1 saturated carbocycles.